The first-order valence-corrected chi connectivity index (χ1v) is 12.5. The molecule has 0 spiro atoms. The van der Waals surface area contributed by atoms with Crippen molar-refractivity contribution < 1.29 is 45.8 Å². The number of fused-ring (bicyclic) bond motifs is 1. The van der Waals surface area contributed by atoms with Crippen LogP contribution in [0.2, 0.25) is 0 Å². The van der Waals surface area contributed by atoms with Crippen LogP contribution in [0.1, 0.15) is 28.4 Å². The number of nitrogens with zero attached hydrogens (tertiary/aromatic N) is 5. The molecule has 0 saturated carbocycles. The second kappa shape index (κ2) is 13.2. The summed E-state index contributed by atoms with van der Waals surface area (Å²) in [4.78, 5) is 33.4. The summed E-state index contributed by atoms with van der Waals surface area (Å²) in [6.45, 7) is 0. The Morgan fingerprint density at radius 2 is 1.78 bits per heavy atom. The number of aromatic nitrogens is 5. The van der Waals surface area contributed by atoms with Gasteiger partial charge in [-0.05, 0) is 48.0 Å². The van der Waals surface area contributed by atoms with Crippen LogP contribution in [0.4, 0.5) is 32.0 Å². The summed E-state index contributed by atoms with van der Waals surface area (Å²) >= 11 is 0. The molecule has 0 saturated heterocycles. The maximum absolute atomic E-state index is 12.9. The minimum atomic E-state index is -5.08. The first kappa shape index (κ1) is 32.0. The van der Waals surface area contributed by atoms with Crippen LogP contribution >= 0.6 is 0 Å². The van der Waals surface area contributed by atoms with Crippen LogP contribution in [0.3, 0.4) is 0 Å². The number of halogens is 6. The number of carbonyl (C=O) groups excluding carboxylic acids is 1. The van der Waals surface area contributed by atoms with Crippen LogP contribution in [0, 0.1) is 11.3 Å². The predicted molar refractivity (Wildman–Crippen MR) is 145 cm³/mol. The molecule has 3 aromatic heterocycles. The van der Waals surface area contributed by atoms with E-state index in [0.717, 1.165) is 23.1 Å². The minimum Gasteiger partial charge on any atom is -0.475 e. The number of benzene rings is 2. The zero-order valence-corrected chi connectivity index (χ0v) is 22.5. The summed E-state index contributed by atoms with van der Waals surface area (Å²) in [6, 6.07) is 15.1. The maximum atomic E-state index is 12.9. The molecular formula is C28H19F6N7O4. The van der Waals surface area contributed by atoms with E-state index in [4.69, 9.17) is 9.90 Å². The summed E-state index contributed by atoms with van der Waals surface area (Å²) in [7, 11) is 0. The van der Waals surface area contributed by atoms with E-state index in [1.54, 1.807) is 47.5 Å². The van der Waals surface area contributed by atoms with Gasteiger partial charge in [0.15, 0.2) is 0 Å². The molecule has 11 nitrogen and oxygen atoms in total. The Labute approximate surface area is 248 Å². The van der Waals surface area contributed by atoms with Crippen molar-refractivity contribution in [3.63, 3.8) is 0 Å². The SMILES string of the molecule is N#CCC(c1cccc(C(=O)Nc2ccc(OC(F)(F)F)cc2)c1)n1cc(-c2ncnc3[nH]ccc23)cn1.O=C(O)C(F)(F)F. The molecule has 0 radical (unpaired) electrons. The summed E-state index contributed by atoms with van der Waals surface area (Å²) in [5.41, 5.74) is 3.40. The molecule has 5 aromatic rings. The third-order valence-electron chi connectivity index (χ3n) is 5.95. The van der Waals surface area contributed by atoms with Crippen molar-refractivity contribution in [1.29, 1.82) is 5.26 Å². The monoisotopic (exact) mass is 631 g/mol. The van der Waals surface area contributed by atoms with E-state index in [9.17, 15) is 36.4 Å². The van der Waals surface area contributed by atoms with Gasteiger partial charge in [-0.15, -0.1) is 13.2 Å². The second-order valence-electron chi connectivity index (χ2n) is 9.00. The van der Waals surface area contributed by atoms with Crippen molar-refractivity contribution in [2.75, 3.05) is 5.32 Å². The molecule has 0 aliphatic rings. The van der Waals surface area contributed by atoms with Crippen LogP contribution in [0.15, 0.2) is 79.5 Å². The number of amides is 1. The molecule has 2 aromatic carbocycles. The fourth-order valence-corrected chi connectivity index (χ4v) is 4.01. The third kappa shape index (κ3) is 8.34. The fourth-order valence-electron chi connectivity index (χ4n) is 4.01. The Kier molecular flexibility index (Phi) is 9.36. The number of ether oxygens (including phenoxy) is 1. The van der Waals surface area contributed by atoms with Gasteiger partial charge in [-0.3, -0.25) is 9.48 Å². The Balaban J connectivity index is 0.000000591. The molecule has 0 aliphatic heterocycles. The lowest BCUT2D eigenvalue weighted by molar-refractivity contribution is -0.274. The van der Waals surface area contributed by atoms with Gasteiger partial charge >= 0.3 is 18.5 Å². The number of carboxylic acids is 1. The summed E-state index contributed by atoms with van der Waals surface area (Å²) < 4.78 is 74.3. The lowest BCUT2D eigenvalue weighted by Gasteiger charge is -2.16. The molecular weight excluding hydrogens is 612 g/mol. The molecule has 232 valence electrons. The van der Waals surface area contributed by atoms with E-state index in [1.165, 1.54) is 18.5 Å². The molecule has 3 N–H and O–H groups in total. The first-order chi connectivity index (χ1) is 21.2. The van der Waals surface area contributed by atoms with Gasteiger partial charge in [-0.2, -0.15) is 23.5 Å². The van der Waals surface area contributed by atoms with Crippen molar-refractivity contribution in [1.82, 2.24) is 24.7 Å². The number of hydrogen-bond acceptors (Lipinski definition) is 7. The van der Waals surface area contributed by atoms with Crippen molar-refractivity contribution in [2.45, 2.75) is 25.0 Å². The Morgan fingerprint density at radius 1 is 1.07 bits per heavy atom. The van der Waals surface area contributed by atoms with Gasteiger partial charge in [0.25, 0.3) is 5.91 Å². The average Bonchev–Trinajstić information content (AvgIpc) is 3.66. The van der Waals surface area contributed by atoms with Gasteiger partial charge in [-0.25, -0.2) is 14.8 Å². The van der Waals surface area contributed by atoms with E-state index in [1.807, 2.05) is 6.07 Å². The van der Waals surface area contributed by atoms with Crippen molar-refractivity contribution in [3.8, 4) is 23.1 Å². The lowest BCUT2D eigenvalue weighted by atomic mass is 10.0. The highest BCUT2D eigenvalue weighted by atomic mass is 19.4. The number of carboxylic acid groups (broad SMARTS) is 1. The van der Waals surface area contributed by atoms with E-state index in [0.29, 0.717) is 28.2 Å². The zero-order valence-electron chi connectivity index (χ0n) is 22.5. The largest absolute Gasteiger partial charge is 0.573 e. The number of rotatable bonds is 7. The molecule has 3 heterocycles. The Bertz CT molecular complexity index is 1840. The van der Waals surface area contributed by atoms with E-state index in [2.05, 4.69) is 36.2 Å². The number of nitrogens with one attached hydrogen (secondary N) is 2. The molecule has 0 fully saturated rings. The first-order valence-electron chi connectivity index (χ1n) is 12.5. The van der Waals surface area contributed by atoms with E-state index < -0.39 is 36.2 Å². The third-order valence-corrected chi connectivity index (χ3v) is 5.95. The molecule has 1 amide bonds. The normalized spacial score (nSPS) is 12.0. The quantitative estimate of drug-likeness (QED) is 0.182. The highest BCUT2D eigenvalue weighted by Gasteiger charge is 2.38. The van der Waals surface area contributed by atoms with Gasteiger partial charge in [0.2, 0.25) is 0 Å². The predicted octanol–water partition coefficient (Wildman–Crippen LogP) is 6.11. The molecule has 0 aliphatic carbocycles. The molecule has 5 rings (SSSR count). The maximum Gasteiger partial charge on any atom is 0.573 e. The molecule has 45 heavy (non-hydrogen) atoms. The van der Waals surface area contributed by atoms with Gasteiger partial charge in [0.1, 0.15) is 17.7 Å². The van der Waals surface area contributed by atoms with Crippen molar-refractivity contribution in [3.05, 3.63) is 90.6 Å². The lowest BCUT2D eigenvalue weighted by Crippen LogP contribution is -2.21. The second-order valence-corrected chi connectivity index (χ2v) is 9.00. The number of carbonyl (C=O) groups is 2. The van der Waals surface area contributed by atoms with Crippen molar-refractivity contribution in [2.24, 2.45) is 0 Å². The number of aromatic amines is 1. The summed E-state index contributed by atoms with van der Waals surface area (Å²) in [5.74, 6) is -3.62. The van der Waals surface area contributed by atoms with Gasteiger partial charge in [0.05, 0.1) is 30.4 Å². The van der Waals surface area contributed by atoms with Gasteiger partial charge in [-0.1, -0.05) is 12.1 Å². The molecule has 1 unspecified atom stereocenters. The highest BCUT2D eigenvalue weighted by Crippen LogP contribution is 2.29. The number of aliphatic carboxylic acids is 1. The average molecular weight is 631 g/mol. The number of alkyl halides is 6. The topological polar surface area (TPSA) is 159 Å². The van der Waals surface area contributed by atoms with Gasteiger partial charge in [0, 0.05) is 34.6 Å². The standard InChI is InChI=1S/C26H18F3N7O2.C2HF3O2/c27-26(28,29)38-20-6-4-19(5-7-20)35-25(37)17-3-1-2-16(12-17)22(8-10-30)36-14-18(13-34-36)23-21-9-11-31-24(21)33-15-32-23;3-2(4,5)1(6)7/h1-7,9,11-15,22H,8H2,(H,35,37)(H,31,32,33);(H,6,7). The Morgan fingerprint density at radius 3 is 2.42 bits per heavy atom. The molecule has 17 heteroatoms. The van der Waals surface area contributed by atoms with Crippen molar-refractivity contribution >= 4 is 28.6 Å². The van der Waals surface area contributed by atoms with Crippen LogP contribution in [0.5, 0.6) is 5.75 Å². The number of nitriles is 1. The van der Waals surface area contributed by atoms with E-state index in [-0.39, 0.29) is 6.42 Å². The fraction of sp³-hybridized carbons (Fsp3) is 0.143. The summed E-state index contributed by atoms with van der Waals surface area (Å²) in [6.07, 6.45) is -3.13. The van der Waals surface area contributed by atoms with Crippen LogP contribution < -0.4 is 10.1 Å². The highest BCUT2D eigenvalue weighted by molar-refractivity contribution is 6.04. The van der Waals surface area contributed by atoms with Crippen LogP contribution in [-0.4, -0.2) is 54.3 Å². The van der Waals surface area contributed by atoms with E-state index >= 15 is 0 Å². The minimum absolute atomic E-state index is 0.0935. The number of H-pyrrole nitrogens is 1. The number of hydrogen-bond donors (Lipinski definition) is 3. The smallest absolute Gasteiger partial charge is 0.475 e. The van der Waals surface area contributed by atoms with Crippen LogP contribution in [-0.2, 0) is 4.79 Å². The Hall–Kier alpha value is -5.92. The summed E-state index contributed by atoms with van der Waals surface area (Å²) in [5, 5.41) is 24.5. The van der Waals surface area contributed by atoms with Gasteiger partial charge < -0.3 is 20.1 Å². The zero-order chi connectivity index (χ0) is 32.8. The number of anilines is 1. The van der Waals surface area contributed by atoms with Crippen LogP contribution in [0.25, 0.3) is 22.3 Å². The molecule has 0 bridgehead atoms. The molecule has 1 atom stereocenters.